The van der Waals surface area contributed by atoms with Gasteiger partial charge in [-0.05, 0) is 19.3 Å². The van der Waals surface area contributed by atoms with Gasteiger partial charge in [-0.2, -0.15) is 0 Å². The first kappa shape index (κ1) is 13.7. The van der Waals surface area contributed by atoms with Gasteiger partial charge in [0.2, 0.25) is 5.91 Å². The van der Waals surface area contributed by atoms with E-state index in [1.165, 1.54) is 0 Å². The predicted molar refractivity (Wildman–Crippen MR) is 65.6 cm³/mol. The Hall–Kier alpha value is -1.32. The van der Waals surface area contributed by atoms with Crippen molar-refractivity contribution in [1.29, 1.82) is 0 Å². The van der Waals surface area contributed by atoms with Crippen LogP contribution in [0.5, 0.6) is 0 Å². The molecule has 0 heterocycles. The maximum atomic E-state index is 11.8. The van der Waals surface area contributed by atoms with Crippen molar-refractivity contribution >= 4 is 11.9 Å². The molecule has 0 fully saturated rings. The third kappa shape index (κ3) is 4.59. The van der Waals surface area contributed by atoms with Crippen LogP contribution < -0.4 is 5.32 Å². The molecular formula is C13H21NO3. The normalized spacial score (nSPS) is 17.0. The van der Waals surface area contributed by atoms with Crippen molar-refractivity contribution in [2.24, 2.45) is 5.92 Å². The summed E-state index contributed by atoms with van der Waals surface area (Å²) in [5.74, 6) is -1.12. The molecule has 0 bridgehead atoms. The van der Waals surface area contributed by atoms with Crippen LogP contribution in [0, 0.1) is 5.92 Å². The average Bonchev–Trinajstić information content (AvgIpc) is 2.81. The number of nitrogens with one attached hydrogen (secondary N) is 1. The van der Waals surface area contributed by atoms with E-state index in [1.54, 1.807) is 0 Å². The molecule has 1 aliphatic carbocycles. The molecule has 17 heavy (non-hydrogen) atoms. The molecule has 0 aromatic heterocycles. The van der Waals surface area contributed by atoms with Gasteiger partial charge in [-0.25, -0.2) is 4.79 Å². The Morgan fingerprint density at radius 2 is 2.00 bits per heavy atom. The van der Waals surface area contributed by atoms with Crippen LogP contribution in [0.2, 0.25) is 0 Å². The third-order valence-electron chi connectivity index (χ3n) is 3.09. The van der Waals surface area contributed by atoms with Crippen molar-refractivity contribution in [2.45, 2.75) is 51.5 Å². The second-order valence-electron chi connectivity index (χ2n) is 4.53. The third-order valence-corrected chi connectivity index (χ3v) is 3.09. The van der Waals surface area contributed by atoms with Gasteiger partial charge in [-0.1, -0.05) is 38.3 Å². The van der Waals surface area contributed by atoms with E-state index in [1.807, 2.05) is 12.2 Å². The van der Waals surface area contributed by atoms with E-state index in [-0.39, 0.29) is 11.8 Å². The molecule has 0 radical (unpaired) electrons. The van der Waals surface area contributed by atoms with E-state index in [4.69, 9.17) is 5.11 Å². The van der Waals surface area contributed by atoms with Crippen LogP contribution >= 0.6 is 0 Å². The largest absolute Gasteiger partial charge is 0.480 e. The summed E-state index contributed by atoms with van der Waals surface area (Å²) in [5.41, 5.74) is 0. The summed E-state index contributed by atoms with van der Waals surface area (Å²) in [7, 11) is 0. The highest BCUT2D eigenvalue weighted by molar-refractivity contribution is 5.85. The van der Waals surface area contributed by atoms with Crippen LogP contribution in [0.3, 0.4) is 0 Å². The van der Waals surface area contributed by atoms with Crippen LogP contribution in [-0.4, -0.2) is 23.0 Å². The van der Waals surface area contributed by atoms with Crippen molar-refractivity contribution < 1.29 is 14.7 Å². The standard InChI is InChI=1S/C13H21NO3/c1-2-3-4-9-11(13(16)17)14-12(15)10-7-5-6-8-10/h5-6,10-11H,2-4,7-9H2,1H3,(H,14,15)(H,16,17)/t11-/m0/s1. The Morgan fingerprint density at radius 3 is 2.53 bits per heavy atom. The van der Waals surface area contributed by atoms with Crippen LogP contribution in [0.4, 0.5) is 0 Å². The van der Waals surface area contributed by atoms with Gasteiger partial charge in [0.1, 0.15) is 6.04 Å². The van der Waals surface area contributed by atoms with E-state index >= 15 is 0 Å². The van der Waals surface area contributed by atoms with Crippen LogP contribution in [0.1, 0.15) is 45.4 Å². The molecule has 0 saturated carbocycles. The van der Waals surface area contributed by atoms with E-state index in [0.29, 0.717) is 6.42 Å². The summed E-state index contributed by atoms with van der Waals surface area (Å²) in [4.78, 5) is 22.8. The number of carboxylic acid groups (broad SMARTS) is 1. The quantitative estimate of drug-likeness (QED) is 0.528. The molecular weight excluding hydrogens is 218 g/mol. The molecule has 4 heteroatoms. The number of carboxylic acids is 1. The number of amides is 1. The Labute approximate surface area is 102 Å². The van der Waals surface area contributed by atoms with Gasteiger partial charge in [0, 0.05) is 5.92 Å². The molecule has 0 aromatic rings. The zero-order chi connectivity index (χ0) is 12.7. The van der Waals surface area contributed by atoms with Crippen LogP contribution in [0.25, 0.3) is 0 Å². The van der Waals surface area contributed by atoms with Crippen molar-refractivity contribution in [3.05, 3.63) is 12.2 Å². The van der Waals surface area contributed by atoms with Gasteiger partial charge in [0.25, 0.3) is 0 Å². The van der Waals surface area contributed by atoms with Crippen molar-refractivity contribution in [2.75, 3.05) is 0 Å². The van der Waals surface area contributed by atoms with Gasteiger partial charge in [-0.3, -0.25) is 4.79 Å². The second kappa shape index (κ2) is 7.09. The second-order valence-corrected chi connectivity index (χ2v) is 4.53. The van der Waals surface area contributed by atoms with E-state index < -0.39 is 12.0 Å². The number of carbonyl (C=O) groups excluding carboxylic acids is 1. The zero-order valence-corrected chi connectivity index (χ0v) is 10.3. The molecule has 0 saturated heterocycles. The Morgan fingerprint density at radius 1 is 1.35 bits per heavy atom. The van der Waals surface area contributed by atoms with Crippen LogP contribution in [0.15, 0.2) is 12.2 Å². The Bertz CT molecular complexity index is 291. The SMILES string of the molecule is CCCCC[C@H](NC(=O)C1CC=CC1)C(=O)O. The van der Waals surface area contributed by atoms with Crippen molar-refractivity contribution in [3.63, 3.8) is 0 Å². The lowest BCUT2D eigenvalue weighted by molar-refractivity contribution is -0.142. The number of rotatable bonds is 7. The summed E-state index contributed by atoms with van der Waals surface area (Å²) in [6, 6.07) is -0.727. The highest BCUT2D eigenvalue weighted by Gasteiger charge is 2.25. The summed E-state index contributed by atoms with van der Waals surface area (Å²) in [6.45, 7) is 2.07. The molecule has 0 aliphatic heterocycles. The lowest BCUT2D eigenvalue weighted by atomic mass is 10.0. The molecule has 1 rings (SSSR count). The molecule has 0 unspecified atom stereocenters. The maximum Gasteiger partial charge on any atom is 0.326 e. The number of carbonyl (C=O) groups is 2. The van der Waals surface area contributed by atoms with Crippen molar-refractivity contribution in [1.82, 2.24) is 5.32 Å². The molecule has 0 aromatic carbocycles. The Balaban J connectivity index is 2.37. The van der Waals surface area contributed by atoms with Crippen molar-refractivity contribution in [3.8, 4) is 0 Å². The van der Waals surface area contributed by atoms with Gasteiger partial charge in [-0.15, -0.1) is 0 Å². The smallest absolute Gasteiger partial charge is 0.326 e. The summed E-state index contributed by atoms with van der Waals surface area (Å²) >= 11 is 0. The molecule has 1 aliphatic rings. The fraction of sp³-hybridized carbons (Fsp3) is 0.692. The highest BCUT2D eigenvalue weighted by Crippen LogP contribution is 2.18. The minimum absolute atomic E-state index is 0.0666. The number of unbranched alkanes of at least 4 members (excludes halogenated alkanes) is 2. The summed E-state index contributed by atoms with van der Waals surface area (Å²) in [6.07, 6.45) is 8.82. The molecule has 1 atom stereocenters. The predicted octanol–water partition coefficient (Wildman–Crippen LogP) is 2.10. The van der Waals surface area contributed by atoms with Gasteiger partial charge >= 0.3 is 5.97 Å². The number of hydrogen-bond donors (Lipinski definition) is 2. The monoisotopic (exact) mass is 239 g/mol. The number of aliphatic carboxylic acids is 1. The average molecular weight is 239 g/mol. The lowest BCUT2D eigenvalue weighted by Gasteiger charge is -2.17. The van der Waals surface area contributed by atoms with Gasteiger partial charge in [0.05, 0.1) is 0 Å². The van der Waals surface area contributed by atoms with Gasteiger partial charge < -0.3 is 10.4 Å². The fourth-order valence-electron chi connectivity index (χ4n) is 1.98. The van der Waals surface area contributed by atoms with E-state index in [0.717, 1.165) is 32.1 Å². The summed E-state index contributed by atoms with van der Waals surface area (Å²) < 4.78 is 0. The zero-order valence-electron chi connectivity index (χ0n) is 10.3. The molecule has 0 spiro atoms. The Kier molecular flexibility index (Phi) is 5.73. The highest BCUT2D eigenvalue weighted by atomic mass is 16.4. The molecule has 96 valence electrons. The minimum Gasteiger partial charge on any atom is -0.480 e. The first-order valence-corrected chi connectivity index (χ1v) is 6.33. The number of allylic oxidation sites excluding steroid dienone is 2. The molecule has 2 N–H and O–H groups in total. The first-order valence-electron chi connectivity index (χ1n) is 6.33. The molecule has 4 nitrogen and oxygen atoms in total. The first-order chi connectivity index (χ1) is 8.15. The molecule has 1 amide bonds. The fourth-order valence-corrected chi connectivity index (χ4v) is 1.98. The van der Waals surface area contributed by atoms with E-state index in [9.17, 15) is 9.59 Å². The number of hydrogen-bond acceptors (Lipinski definition) is 2. The summed E-state index contributed by atoms with van der Waals surface area (Å²) in [5, 5.41) is 11.7. The van der Waals surface area contributed by atoms with Gasteiger partial charge in [0.15, 0.2) is 0 Å². The topological polar surface area (TPSA) is 66.4 Å². The minimum atomic E-state index is -0.930. The maximum absolute atomic E-state index is 11.8. The van der Waals surface area contributed by atoms with Crippen LogP contribution in [-0.2, 0) is 9.59 Å². The lowest BCUT2D eigenvalue weighted by Crippen LogP contribution is -2.43. The van der Waals surface area contributed by atoms with E-state index in [2.05, 4.69) is 12.2 Å².